The minimum Gasteiger partial charge on any atom is -0.0918 e. The van der Waals surface area contributed by atoms with Crippen LogP contribution in [0.5, 0.6) is 0 Å². The van der Waals surface area contributed by atoms with Crippen molar-refractivity contribution in [2.75, 3.05) is 10.7 Å². The number of hydrogen-bond donors (Lipinski definition) is 0. The molecule has 0 fully saturated rings. The summed E-state index contributed by atoms with van der Waals surface area (Å²) < 4.78 is 1.13. The van der Waals surface area contributed by atoms with Crippen LogP contribution in [0.15, 0.2) is 53.0 Å². The molecule has 2 rings (SSSR count). The summed E-state index contributed by atoms with van der Waals surface area (Å²) >= 11 is 11.0. The summed E-state index contributed by atoms with van der Waals surface area (Å²) in [5, 5.41) is 1.87. The topological polar surface area (TPSA) is 0 Å². The summed E-state index contributed by atoms with van der Waals surface area (Å²) in [4.78, 5) is 0. The zero-order valence-corrected chi connectivity index (χ0v) is 16.1. The lowest BCUT2D eigenvalue weighted by atomic mass is 9.77. The van der Waals surface area contributed by atoms with E-state index in [2.05, 4.69) is 103 Å². The molecule has 0 aliphatic carbocycles. The van der Waals surface area contributed by atoms with Crippen molar-refractivity contribution in [1.82, 2.24) is 0 Å². The third-order valence-corrected chi connectivity index (χ3v) is 6.36. The molecule has 3 heteroatoms. The Morgan fingerprint density at radius 2 is 1.50 bits per heavy atom. The molecular weight excluding hydrogens is 444 g/mol. The normalized spacial score (nSPS) is 11.6. The second kappa shape index (κ2) is 7.24. The van der Waals surface area contributed by atoms with Crippen molar-refractivity contribution in [3.8, 4) is 0 Å². The minimum atomic E-state index is 0.0825. The molecule has 0 bridgehead atoms. The van der Waals surface area contributed by atoms with Crippen LogP contribution in [0.4, 0.5) is 0 Å². The number of benzene rings is 2. The second-order valence-electron chi connectivity index (χ2n) is 5.17. The van der Waals surface area contributed by atoms with Crippen LogP contribution in [-0.4, -0.2) is 10.7 Å². The highest BCUT2D eigenvalue weighted by Gasteiger charge is 2.31. The van der Waals surface area contributed by atoms with Gasteiger partial charge in [0.1, 0.15) is 0 Å². The zero-order chi connectivity index (χ0) is 14.6. The first-order valence-electron chi connectivity index (χ1n) is 6.54. The Morgan fingerprint density at radius 1 is 0.900 bits per heavy atom. The van der Waals surface area contributed by atoms with Crippen LogP contribution in [0.1, 0.15) is 16.7 Å². The molecule has 0 aromatic heterocycles. The second-order valence-corrected chi connectivity index (χ2v) is 7.20. The molecule has 2 aromatic rings. The molecule has 0 nitrogen and oxygen atoms in total. The number of aryl methyl sites for hydroxylation is 1. The van der Waals surface area contributed by atoms with E-state index in [1.54, 1.807) is 0 Å². The summed E-state index contributed by atoms with van der Waals surface area (Å²) in [5.74, 6) is 0. The highest BCUT2D eigenvalue weighted by Crippen LogP contribution is 2.35. The van der Waals surface area contributed by atoms with Gasteiger partial charge in [-0.2, -0.15) is 0 Å². The molecule has 0 aliphatic heterocycles. The number of alkyl halides is 2. The predicted molar refractivity (Wildman–Crippen MR) is 98.3 cm³/mol. The monoisotopic (exact) mass is 458 g/mol. The van der Waals surface area contributed by atoms with E-state index >= 15 is 0 Å². The molecule has 0 saturated carbocycles. The molecule has 2 aromatic carbocycles. The van der Waals surface area contributed by atoms with Gasteiger partial charge in [0.05, 0.1) is 0 Å². The van der Waals surface area contributed by atoms with Gasteiger partial charge >= 0.3 is 0 Å². The third kappa shape index (κ3) is 3.55. The standard InChI is InChI=1S/C17H17Br3/c1-13-4-2-3-5-16(13)17(11-18,12-19)10-14-6-8-15(20)9-7-14/h2-9H,10-12H2,1H3. The first-order chi connectivity index (χ1) is 9.61. The predicted octanol–water partition coefficient (Wildman–Crippen LogP) is 6.03. The van der Waals surface area contributed by atoms with Crippen molar-refractivity contribution in [1.29, 1.82) is 0 Å². The van der Waals surface area contributed by atoms with Crippen molar-refractivity contribution < 1.29 is 0 Å². The third-order valence-electron chi connectivity index (χ3n) is 3.68. The fraction of sp³-hybridized carbons (Fsp3) is 0.294. The lowest BCUT2D eigenvalue weighted by Crippen LogP contribution is -2.33. The molecule has 0 atom stereocenters. The summed E-state index contributed by atoms with van der Waals surface area (Å²) in [7, 11) is 0. The molecule has 0 unspecified atom stereocenters. The summed E-state index contributed by atoms with van der Waals surface area (Å²) in [6.07, 6.45) is 1.02. The van der Waals surface area contributed by atoms with Crippen molar-refractivity contribution in [2.24, 2.45) is 0 Å². The lowest BCUT2D eigenvalue weighted by Gasteiger charge is -2.32. The van der Waals surface area contributed by atoms with E-state index in [1.807, 2.05) is 0 Å². The quantitative estimate of drug-likeness (QED) is 0.478. The maximum Gasteiger partial charge on any atom is 0.0189 e. The summed E-state index contributed by atoms with van der Waals surface area (Å²) in [6.45, 7) is 2.19. The van der Waals surface area contributed by atoms with Crippen LogP contribution in [0.25, 0.3) is 0 Å². The molecule has 0 N–H and O–H groups in total. The van der Waals surface area contributed by atoms with E-state index in [1.165, 1.54) is 16.7 Å². The van der Waals surface area contributed by atoms with E-state index in [4.69, 9.17) is 0 Å². The van der Waals surface area contributed by atoms with Crippen LogP contribution < -0.4 is 0 Å². The van der Waals surface area contributed by atoms with Gasteiger partial charge < -0.3 is 0 Å². The number of rotatable bonds is 5. The molecule has 20 heavy (non-hydrogen) atoms. The Morgan fingerprint density at radius 3 is 2.05 bits per heavy atom. The maximum atomic E-state index is 3.74. The Labute approximate surface area is 146 Å². The van der Waals surface area contributed by atoms with Gasteiger partial charge in [0.15, 0.2) is 0 Å². The van der Waals surface area contributed by atoms with Crippen LogP contribution >= 0.6 is 47.8 Å². The van der Waals surface area contributed by atoms with Gasteiger partial charge in [-0.25, -0.2) is 0 Å². The van der Waals surface area contributed by atoms with E-state index in [-0.39, 0.29) is 5.41 Å². The Hall–Kier alpha value is -0.120. The fourth-order valence-electron chi connectivity index (χ4n) is 2.53. The van der Waals surface area contributed by atoms with Gasteiger partial charge in [-0.1, -0.05) is 84.2 Å². The van der Waals surface area contributed by atoms with Gasteiger partial charge in [-0.05, 0) is 42.2 Å². The lowest BCUT2D eigenvalue weighted by molar-refractivity contribution is 0.547. The Balaban J connectivity index is 2.39. The molecule has 0 heterocycles. The van der Waals surface area contributed by atoms with Crippen molar-refractivity contribution in [3.63, 3.8) is 0 Å². The average molecular weight is 461 g/mol. The number of hydrogen-bond acceptors (Lipinski definition) is 0. The van der Waals surface area contributed by atoms with Gasteiger partial charge in [0, 0.05) is 20.5 Å². The van der Waals surface area contributed by atoms with Crippen molar-refractivity contribution >= 4 is 47.8 Å². The van der Waals surface area contributed by atoms with Crippen LogP contribution in [0.2, 0.25) is 0 Å². The largest absolute Gasteiger partial charge is 0.0918 e. The van der Waals surface area contributed by atoms with Gasteiger partial charge in [0.25, 0.3) is 0 Å². The highest BCUT2D eigenvalue weighted by atomic mass is 79.9. The first-order valence-corrected chi connectivity index (χ1v) is 9.57. The smallest absolute Gasteiger partial charge is 0.0189 e. The summed E-state index contributed by atoms with van der Waals surface area (Å²) in [6, 6.07) is 17.3. The average Bonchev–Trinajstić information content (AvgIpc) is 2.48. The molecule has 0 amide bonds. The van der Waals surface area contributed by atoms with E-state index in [9.17, 15) is 0 Å². The zero-order valence-electron chi connectivity index (χ0n) is 11.4. The molecule has 0 aliphatic rings. The SMILES string of the molecule is Cc1ccccc1C(CBr)(CBr)Cc1ccc(Br)cc1. The highest BCUT2D eigenvalue weighted by molar-refractivity contribution is 9.10. The van der Waals surface area contributed by atoms with Crippen molar-refractivity contribution in [2.45, 2.75) is 18.8 Å². The van der Waals surface area contributed by atoms with E-state index in [0.717, 1.165) is 21.6 Å². The maximum absolute atomic E-state index is 3.74. The Kier molecular flexibility index (Phi) is 5.88. The van der Waals surface area contributed by atoms with E-state index < -0.39 is 0 Å². The number of halogens is 3. The van der Waals surface area contributed by atoms with Gasteiger partial charge in [0.2, 0.25) is 0 Å². The molecular formula is C17H17Br3. The fourth-order valence-corrected chi connectivity index (χ4v) is 4.72. The molecule has 106 valence electrons. The van der Waals surface area contributed by atoms with Crippen LogP contribution in [-0.2, 0) is 11.8 Å². The van der Waals surface area contributed by atoms with Gasteiger partial charge in [-0.15, -0.1) is 0 Å². The first kappa shape index (κ1) is 16.3. The van der Waals surface area contributed by atoms with Crippen LogP contribution in [0.3, 0.4) is 0 Å². The van der Waals surface area contributed by atoms with Crippen molar-refractivity contribution in [3.05, 3.63) is 69.7 Å². The molecule has 0 radical (unpaired) electrons. The molecule has 0 spiro atoms. The molecule has 0 saturated heterocycles. The van der Waals surface area contributed by atoms with Crippen LogP contribution in [0, 0.1) is 6.92 Å². The summed E-state index contributed by atoms with van der Waals surface area (Å²) in [5.41, 5.74) is 4.20. The van der Waals surface area contributed by atoms with Gasteiger partial charge in [-0.3, -0.25) is 0 Å². The Bertz CT molecular complexity index is 557. The van der Waals surface area contributed by atoms with E-state index in [0.29, 0.717) is 0 Å². The minimum absolute atomic E-state index is 0.0825.